The molecule has 0 saturated carbocycles. The summed E-state index contributed by atoms with van der Waals surface area (Å²) in [6.07, 6.45) is 0. The minimum atomic E-state index is 0.0377. The molecule has 0 atom stereocenters. The average molecular weight is 284 g/mol. The van der Waals surface area contributed by atoms with E-state index < -0.39 is 0 Å². The molecule has 1 aliphatic rings. The third-order valence-electron chi connectivity index (χ3n) is 3.11. The zero-order valence-corrected chi connectivity index (χ0v) is 11.9. The lowest BCUT2D eigenvalue weighted by Gasteiger charge is -2.36. The number of hydrogen-bond donors (Lipinski definition) is 1. The monoisotopic (exact) mass is 283 g/mol. The highest BCUT2D eigenvalue weighted by atomic mass is 35.5. The Kier molecular flexibility index (Phi) is 4.09. The summed E-state index contributed by atoms with van der Waals surface area (Å²) in [7, 11) is 0. The fourth-order valence-corrected chi connectivity index (χ4v) is 2.29. The van der Waals surface area contributed by atoms with Gasteiger partial charge in [-0.2, -0.15) is 4.98 Å². The van der Waals surface area contributed by atoms with E-state index in [1.54, 1.807) is 6.07 Å². The van der Waals surface area contributed by atoms with Crippen molar-refractivity contribution in [2.45, 2.75) is 13.8 Å². The second-order valence-electron chi connectivity index (χ2n) is 4.87. The molecule has 19 heavy (non-hydrogen) atoms. The highest BCUT2D eigenvalue weighted by molar-refractivity contribution is 6.29. The Morgan fingerprint density at radius 1 is 1.32 bits per heavy atom. The van der Waals surface area contributed by atoms with Gasteiger partial charge in [0, 0.05) is 38.2 Å². The van der Waals surface area contributed by atoms with Crippen LogP contribution in [0.25, 0.3) is 0 Å². The molecule has 0 unspecified atom stereocenters. The summed E-state index contributed by atoms with van der Waals surface area (Å²) in [4.78, 5) is 23.8. The standard InChI is InChI=1S/C12H18ClN5O/c1-8(2)11(19)18-5-3-17(4-6-18)10-7-9(13)15-12(14)16-10/h7-8H,3-6H2,1-2H3,(H2,14,15,16). The van der Waals surface area contributed by atoms with Crippen molar-refractivity contribution in [1.82, 2.24) is 14.9 Å². The molecule has 1 amide bonds. The first-order valence-electron chi connectivity index (χ1n) is 6.31. The van der Waals surface area contributed by atoms with Gasteiger partial charge in [-0.05, 0) is 0 Å². The molecule has 6 nitrogen and oxygen atoms in total. The first kappa shape index (κ1) is 13.9. The molecular formula is C12H18ClN5O. The van der Waals surface area contributed by atoms with E-state index in [1.165, 1.54) is 0 Å². The molecule has 0 spiro atoms. The zero-order chi connectivity index (χ0) is 14.0. The maximum atomic E-state index is 11.9. The minimum Gasteiger partial charge on any atom is -0.368 e. The first-order chi connectivity index (χ1) is 8.97. The van der Waals surface area contributed by atoms with E-state index >= 15 is 0 Å². The van der Waals surface area contributed by atoms with Crippen molar-refractivity contribution in [3.63, 3.8) is 0 Å². The second-order valence-corrected chi connectivity index (χ2v) is 5.26. The normalized spacial score (nSPS) is 16.0. The minimum absolute atomic E-state index is 0.0377. The van der Waals surface area contributed by atoms with Gasteiger partial charge in [0.2, 0.25) is 11.9 Å². The Balaban J connectivity index is 2.01. The predicted molar refractivity (Wildman–Crippen MR) is 75.1 cm³/mol. The topological polar surface area (TPSA) is 75.4 Å². The zero-order valence-electron chi connectivity index (χ0n) is 11.1. The Labute approximate surface area is 117 Å². The van der Waals surface area contributed by atoms with E-state index in [1.807, 2.05) is 18.7 Å². The average Bonchev–Trinajstić information content (AvgIpc) is 2.37. The van der Waals surface area contributed by atoms with Gasteiger partial charge >= 0.3 is 0 Å². The number of aromatic nitrogens is 2. The van der Waals surface area contributed by atoms with Crippen molar-refractivity contribution < 1.29 is 4.79 Å². The summed E-state index contributed by atoms with van der Waals surface area (Å²) in [5, 5.41) is 0.336. The van der Waals surface area contributed by atoms with Crippen LogP contribution in [-0.4, -0.2) is 47.0 Å². The molecule has 0 radical (unpaired) electrons. The summed E-state index contributed by atoms with van der Waals surface area (Å²) in [6.45, 7) is 6.67. The number of rotatable bonds is 2. The number of nitrogens with zero attached hydrogens (tertiary/aromatic N) is 4. The number of anilines is 2. The number of piperazine rings is 1. The van der Waals surface area contributed by atoms with Crippen LogP contribution >= 0.6 is 11.6 Å². The van der Waals surface area contributed by atoms with Gasteiger partial charge in [0.05, 0.1) is 0 Å². The lowest BCUT2D eigenvalue weighted by molar-refractivity contribution is -0.134. The maximum Gasteiger partial charge on any atom is 0.225 e. The molecule has 7 heteroatoms. The van der Waals surface area contributed by atoms with Crippen molar-refractivity contribution in [3.05, 3.63) is 11.2 Å². The Morgan fingerprint density at radius 2 is 1.95 bits per heavy atom. The van der Waals surface area contributed by atoms with Crippen molar-refractivity contribution >= 4 is 29.3 Å². The van der Waals surface area contributed by atoms with E-state index in [4.69, 9.17) is 17.3 Å². The smallest absolute Gasteiger partial charge is 0.225 e. The van der Waals surface area contributed by atoms with Gasteiger partial charge in [-0.25, -0.2) is 4.98 Å². The fourth-order valence-electron chi connectivity index (χ4n) is 2.11. The van der Waals surface area contributed by atoms with Crippen LogP contribution < -0.4 is 10.6 Å². The van der Waals surface area contributed by atoms with Crippen LogP contribution in [0.1, 0.15) is 13.8 Å². The van der Waals surface area contributed by atoms with E-state index in [0.717, 1.165) is 13.1 Å². The number of nitrogen functional groups attached to an aromatic ring is 1. The van der Waals surface area contributed by atoms with Crippen LogP contribution in [0.4, 0.5) is 11.8 Å². The van der Waals surface area contributed by atoms with Crippen LogP contribution in [0.3, 0.4) is 0 Å². The molecular weight excluding hydrogens is 266 g/mol. The highest BCUT2D eigenvalue weighted by Crippen LogP contribution is 2.19. The van der Waals surface area contributed by atoms with Crippen molar-refractivity contribution in [3.8, 4) is 0 Å². The molecule has 1 aliphatic heterocycles. The SMILES string of the molecule is CC(C)C(=O)N1CCN(c2cc(Cl)nc(N)n2)CC1. The van der Waals surface area contributed by atoms with Gasteiger partial charge < -0.3 is 15.5 Å². The van der Waals surface area contributed by atoms with Crippen molar-refractivity contribution in [2.24, 2.45) is 5.92 Å². The highest BCUT2D eigenvalue weighted by Gasteiger charge is 2.23. The van der Waals surface area contributed by atoms with Gasteiger partial charge in [0.15, 0.2) is 0 Å². The molecule has 1 aromatic heterocycles. The summed E-state index contributed by atoms with van der Waals surface area (Å²) < 4.78 is 0. The number of halogens is 1. The van der Waals surface area contributed by atoms with Gasteiger partial charge in [-0.15, -0.1) is 0 Å². The number of amides is 1. The summed E-state index contributed by atoms with van der Waals surface area (Å²) >= 11 is 5.87. The first-order valence-corrected chi connectivity index (χ1v) is 6.69. The van der Waals surface area contributed by atoms with Crippen LogP contribution in [0, 0.1) is 5.92 Å². The van der Waals surface area contributed by atoms with Gasteiger partial charge in [0.1, 0.15) is 11.0 Å². The number of carbonyl (C=O) groups excluding carboxylic acids is 1. The van der Waals surface area contributed by atoms with Crippen LogP contribution in [0.5, 0.6) is 0 Å². The van der Waals surface area contributed by atoms with Crippen LogP contribution in [-0.2, 0) is 4.79 Å². The van der Waals surface area contributed by atoms with Gasteiger partial charge in [0.25, 0.3) is 0 Å². The van der Waals surface area contributed by atoms with Crippen LogP contribution in [0.2, 0.25) is 5.15 Å². The molecule has 1 saturated heterocycles. The molecule has 1 aromatic rings. The summed E-state index contributed by atoms with van der Waals surface area (Å²) in [5.74, 6) is 1.12. The number of carbonyl (C=O) groups is 1. The molecule has 0 bridgehead atoms. The Bertz CT molecular complexity index is 451. The molecule has 2 heterocycles. The lowest BCUT2D eigenvalue weighted by Crippen LogP contribution is -2.50. The second kappa shape index (κ2) is 5.61. The van der Waals surface area contributed by atoms with Crippen LogP contribution in [0.15, 0.2) is 6.07 Å². The molecule has 104 valence electrons. The molecule has 1 fully saturated rings. The molecule has 0 aliphatic carbocycles. The third kappa shape index (κ3) is 3.26. The van der Waals surface area contributed by atoms with Crippen molar-refractivity contribution in [2.75, 3.05) is 36.8 Å². The number of hydrogen-bond acceptors (Lipinski definition) is 5. The van der Waals surface area contributed by atoms with Gasteiger partial charge in [-0.3, -0.25) is 4.79 Å². The molecule has 2 N–H and O–H groups in total. The molecule has 0 aromatic carbocycles. The fraction of sp³-hybridized carbons (Fsp3) is 0.583. The predicted octanol–water partition coefficient (Wildman–Crippen LogP) is 1.02. The summed E-state index contributed by atoms with van der Waals surface area (Å²) in [6, 6.07) is 1.69. The quantitative estimate of drug-likeness (QED) is 0.820. The number of nitrogens with two attached hydrogens (primary N) is 1. The Morgan fingerprint density at radius 3 is 2.47 bits per heavy atom. The van der Waals surface area contributed by atoms with Crippen molar-refractivity contribution in [1.29, 1.82) is 0 Å². The van der Waals surface area contributed by atoms with E-state index in [2.05, 4.69) is 14.9 Å². The van der Waals surface area contributed by atoms with Gasteiger partial charge in [-0.1, -0.05) is 25.4 Å². The van der Waals surface area contributed by atoms with E-state index in [0.29, 0.717) is 24.1 Å². The summed E-state index contributed by atoms with van der Waals surface area (Å²) in [5.41, 5.74) is 5.58. The lowest BCUT2D eigenvalue weighted by atomic mass is 10.1. The largest absolute Gasteiger partial charge is 0.368 e. The third-order valence-corrected chi connectivity index (χ3v) is 3.30. The molecule has 2 rings (SSSR count). The maximum absolute atomic E-state index is 11.9. The Hall–Kier alpha value is -1.56. The van der Waals surface area contributed by atoms with E-state index in [9.17, 15) is 4.79 Å². The van der Waals surface area contributed by atoms with E-state index in [-0.39, 0.29) is 17.8 Å².